The second-order valence-electron chi connectivity index (χ2n) is 5.60. The van der Waals surface area contributed by atoms with E-state index in [4.69, 9.17) is 0 Å². The predicted molar refractivity (Wildman–Crippen MR) is 107 cm³/mol. The molecule has 0 aliphatic heterocycles. The van der Waals surface area contributed by atoms with Gasteiger partial charge in [-0.2, -0.15) is 0 Å². The van der Waals surface area contributed by atoms with E-state index in [-0.39, 0.29) is 23.4 Å². The summed E-state index contributed by atoms with van der Waals surface area (Å²) in [5.41, 5.74) is 2.13. The van der Waals surface area contributed by atoms with Gasteiger partial charge in [-0.25, -0.2) is 9.37 Å². The van der Waals surface area contributed by atoms with E-state index >= 15 is 0 Å². The fraction of sp³-hybridized carbons (Fsp3) is 0.105. The van der Waals surface area contributed by atoms with Gasteiger partial charge in [0.15, 0.2) is 4.34 Å². The average molecular weight is 401 g/mol. The van der Waals surface area contributed by atoms with Gasteiger partial charge in [-0.3, -0.25) is 9.59 Å². The van der Waals surface area contributed by atoms with Crippen molar-refractivity contribution in [3.05, 3.63) is 71.0 Å². The fourth-order valence-corrected chi connectivity index (χ4v) is 3.88. The summed E-state index contributed by atoms with van der Waals surface area (Å²) >= 11 is 2.84. The number of thiazole rings is 1. The second-order valence-corrected chi connectivity index (χ2v) is 7.68. The Morgan fingerprint density at radius 1 is 1.11 bits per heavy atom. The number of hydrogen-bond acceptors (Lipinski definition) is 5. The molecule has 27 heavy (non-hydrogen) atoms. The molecule has 0 atom stereocenters. The van der Waals surface area contributed by atoms with Crippen molar-refractivity contribution in [2.75, 3.05) is 16.4 Å². The highest BCUT2D eigenvalue weighted by Gasteiger charge is 2.14. The van der Waals surface area contributed by atoms with Crippen molar-refractivity contribution in [2.45, 2.75) is 11.3 Å². The lowest BCUT2D eigenvalue weighted by Crippen LogP contribution is -2.19. The summed E-state index contributed by atoms with van der Waals surface area (Å²) in [4.78, 5) is 29.0. The molecule has 2 N–H and O–H groups in total. The van der Waals surface area contributed by atoms with E-state index in [9.17, 15) is 14.0 Å². The second kappa shape index (κ2) is 8.79. The number of aryl methyl sites for hydroxylation is 1. The van der Waals surface area contributed by atoms with Crippen molar-refractivity contribution < 1.29 is 14.0 Å². The van der Waals surface area contributed by atoms with Crippen molar-refractivity contribution in [2.24, 2.45) is 0 Å². The summed E-state index contributed by atoms with van der Waals surface area (Å²) in [7, 11) is 0. The standard InChI is InChI=1S/C19H16FN3O2S2/c1-12-10-26-19(21-12)27-11-17(24)23-16-5-3-2-4-15(16)18(25)22-14-8-6-13(20)7-9-14/h2-10H,11H2,1H3,(H,22,25)(H,23,24). The van der Waals surface area contributed by atoms with E-state index in [0.29, 0.717) is 16.9 Å². The zero-order chi connectivity index (χ0) is 19.2. The number of aromatic nitrogens is 1. The maximum absolute atomic E-state index is 13.0. The molecule has 0 fully saturated rings. The third kappa shape index (κ3) is 5.38. The lowest BCUT2D eigenvalue weighted by Gasteiger charge is -2.11. The smallest absolute Gasteiger partial charge is 0.257 e. The SMILES string of the molecule is Cc1csc(SCC(=O)Nc2ccccc2C(=O)Nc2ccc(F)cc2)n1. The molecule has 1 heterocycles. The van der Waals surface area contributed by atoms with E-state index in [2.05, 4.69) is 15.6 Å². The lowest BCUT2D eigenvalue weighted by atomic mass is 10.1. The number of amides is 2. The summed E-state index contributed by atoms with van der Waals surface area (Å²) in [6, 6.07) is 12.2. The Hall–Kier alpha value is -2.71. The highest BCUT2D eigenvalue weighted by atomic mass is 32.2. The minimum atomic E-state index is -0.388. The van der Waals surface area contributed by atoms with Crippen LogP contribution in [0.25, 0.3) is 0 Å². The summed E-state index contributed by atoms with van der Waals surface area (Å²) < 4.78 is 13.8. The summed E-state index contributed by atoms with van der Waals surface area (Å²) in [5.74, 6) is -0.801. The van der Waals surface area contributed by atoms with Crippen LogP contribution in [0.4, 0.5) is 15.8 Å². The van der Waals surface area contributed by atoms with Gasteiger partial charge in [0.1, 0.15) is 5.82 Å². The normalized spacial score (nSPS) is 10.4. The predicted octanol–water partition coefficient (Wildman–Crippen LogP) is 4.57. The molecule has 0 spiro atoms. The van der Waals surface area contributed by atoms with Crippen LogP contribution in [-0.4, -0.2) is 22.6 Å². The van der Waals surface area contributed by atoms with E-state index in [0.717, 1.165) is 10.0 Å². The van der Waals surface area contributed by atoms with Crippen LogP contribution in [0.5, 0.6) is 0 Å². The first-order valence-corrected chi connectivity index (χ1v) is 9.88. The molecule has 0 radical (unpaired) electrons. The Morgan fingerprint density at radius 2 is 1.85 bits per heavy atom. The number of carbonyl (C=O) groups excluding carboxylic acids is 2. The highest BCUT2D eigenvalue weighted by Crippen LogP contribution is 2.23. The Balaban J connectivity index is 1.64. The first-order chi connectivity index (χ1) is 13.0. The third-order valence-electron chi connectivity index (χ3n) is 3.47. The van der Waals surface area contributed by atoms with Crippen molar-refractivity contribution in [3.63, 3.8) is 0 Å². The molecular formula is C19H16FN3O2S2. The van der Waals surface area contributed by atoms with Crippen LogP contribution in [-0.2, 0) is 4.79 Å². The van der Waals surface area contributed by atoms with Crippen LogP contribution in [0, 0.1) is 12.7 Å². The van der Waals surface area contributed by atoms with Crippen molar-refractivity contribution in [1.82, 2.24) is 4.98 Å². The fourth-order valence-electron chi connectivity index (χ4n) is 2.23. The number of para-hydroxylation sites is 1. The van der Waals surface area contributed by atoms with Crippen LogP contribution < -0.4 is 10.6 Å². The molecule has 0 aliphatic rings. The molecule has 2 aromatic carbocycles. The molecule has 138 valence electrons. The largest absolute Gasteiger partial charge is 0.325 e. The van der Waals surface area contributed by atoms with Crippen molar-refractivity contribution >= 4 is 46.3 Å². The molecule has 0 bridgehead atoms. The summed E-state index contributed by atoms with van der Waals surface area (Å²) in [5, 5.41) is 7.37. The molecule has 0 saturated heterocycles. The molecule has 1 aromatic heterocycles. The van der Waals surface area contributed by atoms with Gasteiger partial charge in [0, 0.05) is 16.8 Å². The van der Waals surface area contributed by atoms with Gasteiger partial charge < -0.3 is 10.6 Å². The quantitative estimate of drug-likeness (QED) is 0.594. The number of anilines is 2. The topological polar surface area (TPSA) is 71.1 Å². The molecular weight excluding hydrogens is 385 g/mol. The molecule has 2 amide bonds. The number of carbonyl (C=O) groups is 2. The molecule has 0 aliphatic carbocycles. The van der Waals surface area contributed by atoms with Crippen LogP contribution in [0.2, 0.25) is 0 Å². The molecule has 0 unspecified atom stereocenters. The summed E-state index contributed by atoms with van der Waals surface area (Å²) in [6.45, 7) is 1.90. The van der Waals surface area contributed by atoms with E-state index in [1.807, 2.05) is 12.3 Å². The first kappa shape index (κ1) is 19.1. The number of halogens is 1. The monoisotopic (exact) mass is 401 g/mol. The highest BCUT2D eigenvalue weighted by molar-refractivity contribution is 8.01. The minimum absolute atomic E-state index is 0.195. The molecule has 3 aromatic rings. The zero-order valence-corrected chi connectivity index (χ0v) is 16.0. The minimum Gasteiger partial charge on any atom is -0.325 e. The Morgan fingerprint density at radius 3 is 2.56 bits per heavy atom. The maximum Gasteiger partial charge on any atom is 0.257 e. The Bertz CT molecular complexity index is 958. The number of nitrogens with zero attached hydrogens (tertiary/aromatic N) is 1. The van der Waals surface area contributed by atoms with Crippen molar-refractivity contribution in [3.8, 4) is 0 Å². The van der Waals surface area contributed by atoms with Crippen LogP contribution >= 0.6 is 23.1 Å². The molecule has 8 heteroatoms. The van der Waals surface area contributed by atoms with Crippen molar-refractivity contribution in [1.29, 1.82) is 0 Å². The van der Waals surface area contributed by atoms with Crippen LogP contribution in [0.1, 0.15) is 16.1 Å². The summed E-state index contributed by atoms with van der Waals surface area (Å²) in [6.07, 6.45) is 0. The number of benzene rings is 2. The van der Waals surface area contributed by atoms with Gasteiger partial charge in [0.05, 0.1) is 17.0 Å². The van der Waals surface area contributed by atoms with Gasteiger partial charge >= 0.3 is 0 Å². The maximum atomic E-state index is 13.0. The van der Waals surface area contributed by atoms with Gasteiger partial charge in [0.2, 0.25) is 5.91 Å². The van der Waals surface area contributed by atoms with Gasteiger partial charge in [-0.1, -0.05) is 23.9 Å². The Labute approximate surface area is 164 Å². The number of nitrogens with one attached hydrogen (secondary N) is 2. The first-order valence-electron chi connectivity index (χ1n) is 8.02. The molecule has 0 saturated carbocycles. The van der Waals surface area contributed by atoms with E-state index < -0.39 is 0 Å². The number of thioether (sulfide) groups is 1. The average Bonchev–Trinajstić information content (AvgIpc) is 3.08. The van der Waals surface area contributed by atoms with Gasteiger partial charge in [-0.05, 0) is 43.3 Å². The van der Waals surface area contributed by atoms with E-state index in [1.54, 1.807) is 24.3 Å². The van der Waals surface area contributed by atoms with Crippen LogP contribution in [0.15, 0.2) is 58.3 Å². The zero-order valence-electron chi connectivity index (χ0n) is 14.4. The van der Waals surface area contributed by atoms with Gasteiger partial charge in [0.25, 0.3) is 5.91 Å². The number of rotatable bonds is 6. The van der Waals surface area contributed by atoms with Gasteiger partial charge in [-0.15, -0.1) is 11.3 Å². The van der Waals surface area contributed by atoms with E-state index in [1.165, 1.54) is 47.4 Å². The van der Waals surface area contributed by atoms with Crippen LogP contribution in [0.3, 0.4) is 0 Å². The number of hydrogen-bond donors (Lipinski definition) is 2. The molecule has 5 nitrogen and oxygen atoms in total. The third-order valence-corrected chi connectivity index (χ3v) is 5.61. The Kier molecular flexibility index (Phi) is 6.20. The molecule has 3 rings (SSSR count). The lowest BCUT2D eigenvalue weighted by molar-refractivity contribution is -0.113.